The Hall–Kier alpha value is -1.97. The number of carbonyl (C=O) groups excluding carboxylic acids is 1. The first-order chi connectivity index (χ1) is 8.16. The molecule has 0 fully saturated rings. The SMILES string of the molecule is CC(C)CNC(=O)c1cc2ccccc2nn1. The predicted molar refractivity (Wildman–Crippen MR) is 66.7 cm³/mol. The van der Waals surface area contributed by atoms with Gasteiger partial charge in [-0.25, -0.2) is 0 Å². The molecule has 0 aliphatic carbocycles. The Morgan fingerprint density at radius 2 is 2.06 bits per heavy atom. The zero-order valence-electron chi connectivity index (χ0n) is 9.97. The third-order valence-corrected chi connectivity index (χ3v) is 2.40. The maximum atomic E-state index is 11.8. The number of amides is 1. The molecule has 0 saturated carbocycles. The second-order valence-electron chi connectivity index (χ2n) is 4.39. The molecule has 2 rings (SSSR count). The third-order valence-electron chi connectivity index (χ3n) is 2.40. The van der Waals surface area contributed by atoms with Crippen molar-refractivity contribution in [2.24, 2.45) is 5.92 Å². The van der Waals surface area contributed by atoms with Gasteiger partial charge in [0.2, 0.25) is 0 Å². The minimum Gasteiger partial charge on any atom is -0.350 e. The zero-order valence-corrected chi connectivity index (χ0v) is 9.97. The molecule has 0 saturated heterocycles. The maximum Gasteiger partial charge on any atom is 0.271 e. The van der Waals surface area contributed by atoms with Gasteiger partial charge in [0.05, 0.1) is 5.52 Å². The lowest BCUT2D eigenvalue weighted by molar-refractivity contribution is 0.0943. The highest BCUT2D eigenvalue weighted by molar-refractivity contribution is 5.95. The van der Waals surface area contributed by atoms with Crippen LogP contribution in [0.1, 0.15) is 24.3 Å². The monoisotopic (exact) mass is 229 g/mol. The predicted octanol–water partition coefficient (Wildman–Crippen LogP) is 2.02. The van der Waals surface area contributed by atoms with E-state index >= 15 is 0 Å². The Labute approximate surface area is 100 Å². The number of nitrogens with zero attached hydrogens (tertiary/aromatic N) is 2. The van der Waals surface area contributed by atoms with Gasteiger partial charge < -0.3 is 5.32 Å². The van der Waals surface area contributed by atoms with Crippen molar-refractivity contribution >= 4 is 16.8 Å². The number of carbonyl (C=O) groups is 1. The van der Waals surface area contributed by atoms with E-state index in [0.29, 0.717) is 18.2 Å². The highest BCUT2D eigenvalue weighted by Gasteiger charge is 2.08. The number of benzene rings is 1. The van der Waals surface area contributed by atoms with E-state index in [4.69, 9.17) is 0 Å². The van der Waals surface area contributed by atoms with Crippen LogP contribution in [0, 0.1) is 5.92 Å². The van der Waals surface area contributed by atoms with Gasteiger partial charge in [-0.15, -0.1) is 10.2 Å². The Morgan fingerprint density at radius 1 is 1.29 bits per heavy atom. The Bertz CT molecular complexity index is 537. The highest BCUT2D eigenvalue weighted by atomic mass is 16.1. The fourth-order valence-corrected chi connectivity index (χ4v) is 1.48. The van der Waals surface area contributed by atoms with Crippen LogP contribution >= 0.6 is 0 Å². The molecule has 17 heavy (non-hydrogen) atoms. The molecule has 1 heterocycles. The van der Waals surface area contributed by atoms with Crippen molar-refractivity contribution in [2.75, 3.05) is 6.54 Å². The number of aromatic nitrogens is 2. The van der Waals surface area contributed by atoms with Gasteiger partial charge in [0.1, 0.15) is 0 Å². The fourth-order valence-electron chi connectivity index (χ4n) is 1.48. The fraction of sp³-hybridized carbons (Fsp3) is 0.308. The summed E-state index contributed by atoms with van der Waals surface area (Å²) in [5, 5.41) is 11.7. The van der Waals surface area contributed by atoms with E-state index in [0.717, 1.165) is 10.9 Å². The van der Waals surface area contributed by atoms with Crippen LogP contribution in [0.2, 0.25) is 0 Å². The first-order valence-electron chi connectivity index (χ1n) is 5.67. The van der Waals surface area contributed by atoms with Gasteiger partial charge in [0.15, 0.2) is 5.69 Å². The van der Waals surface area contributed by atoms with E-state index < -0.39 is 0 Å². The van der Waals surface area contributed by atoms with Crippen molar-refractivity contribution in [3.05, 3.63) is 36.0 Å². The van der Waals surface area contributed by atoms with Crippen molar-refractivity contribution in [1.29, 1.82) is 0 Å². The van der Waals surface area contributed by atoms with E-state index in [1.807, 2.05) is 38.1 Å². The van der Waals surface area contributed by atoms with Crippen LogP contribution in [0.5, 0.6) is 0 Å². The number of fused-ring (bicyclic) bond motifs is 1. The maximum absolute atomic E-state index is 11.8. The molecule has 0 unspecified atom stereocenters. The molecule has 0 spiro atoms. The van der Waals surface area contributed by atoms with Gasteiger partial charge in [-0.3, -0.25) is 4.79 Å². The van der Waals surface area contributed by atoms with Crippen molar-refractivity contribution < 1.29 is 4.79 Å². The quantitative estimate of drug-likeness (QED) is 0.876. The second-order valence-corrected chi connectivity index (χ2v) is 4.39. The minimum absolute atomic E-state index is 0.169. The molecular weight excluding hydrogens is 214 g/mol. The van der Waals surface area contributed by atoms with Crippen molar-refractivity contribution in [3.8, 4) is 0 Å². The summed E-state index contributed by atoms with van der Waals surface area (Å²) >= 11 is 0. The summed E-state index contributed by atoms with van der Waals surface area (Å²) in [6.45, 7) is 4.74. The van der Waals surface area contributed by atoms with Gasteiger partial charge in [0.25, 0.3) is 5.91 Å². The van der Waals surface area contributed by atoms with Crippen molar-refractivity contribution in [1.82, 2.24) is 15.5 Å². The van der Waals surface area contributed by atoms with E-state index in [2.05, 4.69) is 15.5 Å². The van der Waals surface area contributed by atoms with E-state index in [1.54, 1.807) is 6.07 Å². The minimum atomic E-state index is -0.169. The Kier molecular flexibility index (Phi) is 3.32. The lowest BCUT2D eigenvalue weighted by Gasteiger charge is -2.06. The summed E-state index contributed by atoms with van der Waals surface area (Å²) < 4.78 is 0. The molecule has 4 nitrogen and oxygen atoms in total. The van der Waals surface area contributed by atoms with E-state index in [1.165, 1.54) is 0 Å². The average molecular weight is 229 g/mol. The molecule has 2 aromatic rings. The molecule has 0 radical (unpaired) electrons. The van der Waals surface area contributed by atoms with Gasteiger partial charge >= 0.3 is 0 Å². The normalized spacial score (nSPS) is 10.8. The van der Waals surface area contributed by atoms with E-state index in [-0.39, 0.29) is 5.91 Å². The number of nitrogens with one attached hydrogen (secondary N) is 1. The van der Waals surface area contributed by atoms with Crippen molar-refractivity contribution in [2.45, 2.75) is 13.8 Å². The largest absolute Gasteiger partial charge is 0.350 e. The third kappa shape index (κ3) is 2.78. The second kappa shape index (κ2) is 4.91. The lowest BCUT2D eigenvalue weighted by Crippen LogP contribution is -2.28. The summed E-state index contributed by atoms with van der Waals surface area (Å²) in [5.74, 6) is 0.254. The summed E-state index contributed by atoms with van der Waals surface area (Å²) in [6.07, 6.45) is 0. The number of rotatable bonds is 3. The van der Waals surface area contributed by atoms with Gasteiger partial charge in [-0.05, 0) is 18.1 Å². The Morgan fingerprint density at radius 3 is 2.82 bits per heavy atom. The topological polar surface area (TPSA) is 54.9 Å². The van der Waals surface area contributed by atoms with Gasteiger partial charge in [-0.2, -0.15) is 0 Å². The average Bonchev–Trinajstić information content (AvgIpc) is 2.35. The summed E-state index contributed by atoms with van der Waals surface area (Å²) in [7, 11) is 0. The first kappa shape index (κ1) is 11.5. The highest BCUT2D eigenvalue weighted by Crippen LogP contribution is 2.10. The van der Waals surface area contributed by atoms with Crippen molar-refractivity contribution in [3.63, 3.8) is 0 Å². The van der Waals surface area contributed by atoms with Crippen LogP contribution in [0.25, 0.3) is 10.9 Å². The molecule has 1 N–H and O–H groups in total. The van der Waals surface area contributed by atoms with E-state index in [9.17, 15) is 4.79 Å². The molecular formula is C13H15N3O. The van der Waals surface area contributed by atoms with Crippen LogP contribution in [0.4, 0.5) is 0 Å². The first-order valence-corrected chi connectivity index (χ1v) is 5.67. The zero-order chi connectivity index (χ0) is 12.3. The van der Waals surface area contributed by atoms with Crippen LogP contribution in [-0.4, -0.2) is 22.6 Å². The molecule has 0 aliphatic heterocycles. The lowest BCUT2D eigenvalue weighted by atomic mass is 10.2. The molecule has 0 aliphatic rings. The molecule has 0 bridgehead atoms. The molecule has 1 aromatic heterocycles. The summed E-state index contributed by atoms with van der Waals surface area (Å²) in [6, 6.07) is 9.37. The van der Waals surface area contributed by atoms with Crippen LogP contribution < -0.4 is 5.32 Å². The molecule has 88 valence electrons. The number of hydrogen-bond donors (Lipinski definition) is 1. The molecule has 0 atom stereocenters. The summed E-state index contributed by atoms with van der Waals surface area (Å²) in [4.78, 5) is 11.8. The van der Waals surface area contributed by atoms with Crippen LogP contribution in [-0.2, 0) is 0 Å². The van der Waals surface area contributed by atoms with Crippen LogP contribution in [0.15, 0.2) is 30.3 Å². The molecule has 4 heteroatoms. The Balaban J connectivity index is 2.21. The molecule has 1 amide bonds. The molecule has 1 aromatic carbocycles. The standard InChI is InChI=1S/C13H15N3O/c1-9(2)8-14-13(17)12-7-10-5-3-4-6-11(10)15-16-12/h3-7,9H,8H2,1-2H3,(H,14,17). The van der Waals surface area contributed by atoms with Gasteiger partial charge in [0, 0.05) is 11.9 Å². The number of hydrogen-bond acceptors (Lipinski definition) is 3. The van der Waals surface area contributed by atoms with Gasteiger partial charge in [-0.1, -0.05) is 32.0 Å². The smallest absolute Gasteiger partial charge is 0.271 e. The summed E-state index contributed by atoms with van der Waals surface area (Å²) in [5.41, 5.74) is 1.16. The van der Waals surface area contributed by atoms with Crippen LogP contribution in [0.3, 0.4) is 0 Å².